The number of hydrogen-bond donors (Lipinski definition) is 2. The fourth-order valence-corrected chi connectivity index (χ4v) is 3.12. The summed E-state index contributed by atoms with van der Waals surface area (Å²) in [6.45, 7) is 5.66. The van der Waals surface area contributed by atoms with Crippen LogP contribution in [0.3, 0.4) is 0 Å². The average Bonchev–Trinajstić information content (AvgIpc) is 3.00. The topological polar surface area (TPSA) is 58.9 Å². The first-order valence-corrected chi connectivity index (χ1v) is 7.33. The lowest BCUT2D eigenvalue weighted by molar-refractivity contribution is 0.102. The zero-order valence-corrected chi connectivity index (χ0v) is 12.0. The Bertz CT molecular complexity index is 454. The second kappa shape index (κ2) is 5.26. The molecule has 0 spiro atoms. The van der Waals surface area contributed by atoms with Gasteiger partial charge in [-0.25, -0.2) is 0 Å². The molecule has 4 heteroatoms. The van der Waals surface area contributed by atoms with E-state index in [4.69, 9.17) is 9.47 Å². The summed E-state index contributed by atoms with van der Waals surface area (Å²) in [5, 5.41) is 20.5. The molecule has 4 nitrogen and oxygen atoms in total. The molecule has 3 rings (SSSR count). The second-order valence-electron chi connectivity index (χ2n) is 6.30. The van der Waals surface area contributed by atoms with Crippen LogP contribution in [0.5, 0.6) is 11.5 Å². The van der Waals surface area contributed by atoms with Gasteiger partial charge in [0.1, 0.15) is 11.5 Å². The van der Waals surface area contributed by atoms with Gasteiger partial charge in [0.15, 0.2) is 0 Å². The molecule has 4 unspecified atom stereocenters. The molecule has 110 valence electrons. The van der Waals surface area contributed by atoms with Gasteiger partial charge in [-0.2, -0.15) is 0 Å². The van der Waals surface area contributed by atoms with Crippen molar-refractivity contribution in [3.63, 3.8) is 0 Å². The molecule has 1 aromatic carbocycles. The van der Waals surface area contributed by atoms with Gasteiger partial charge in [-0.1, -0.05) is 13.8 Å². The fraction of sp³-hybridized carbons (Fsp3) is 0.625. The summed E-state index contributed by atoms with van der Waals surface area (Å²) in [5.74, 6) is 1.36. The molecule has 0 bridgehead atoms. The van der Waals surface area contributed by atoms with E-state index in [1.54, 1.807) is 12.1 Å². The first-order chi connectivity index (χ1) is 9.54. The molecule has 2 N–H and O–H groups in total. The van der Waals surface area contributed by atoms with Gasteiger partial charge in [-0.15, -0.1) is 0 Å². The number of benzene rings is 1. The van der Waals surface area contributed by atoms with Gasteiger partial charge in [0, 0.05) is 11.1 Å². The van der Waals surface area contributed by atoms with Crippen molar-refractivity contribution >= 4 is 0 Å². The maximum absolute atomic E-state index is 10.2. The number of ether oxygens (including phenoxy) is 2. The number of aromatic hydroxyl groups is 2. The van der Waals surface area contributed by atoms with Crippen molar-refractivity contribution in [2.75, 3.05) is 13.2 Å². The minimum atomic E-state index is -0.117. The zero-order chi connectivity index (χ0) is 14.3. The molecular formula is C16H22O4. The molecule has 2 aliphatic rings. The molecule has 2 heterocycles. The molecule has 1 aromatic rings. The Balaban J connectivity index is 1.86. The summed E-state index contributed by atoms with van der Waals surface area (Å²) in [7, 11) is 0. The van der Waals surface area contributed by atoms with E-state index in [9.17, 15) is 10.2 Å². The van der Waals surface area contributed by atoms with Crippen LogP contribution in [-0.4, -0.2) is 23.4 Å². The van der Waals surface area contributed by atoms with Crippen LogP contribution < -0.4 is 0 Å². The molecule has 2 fully saturated rings. The van der Waals surface area contributed by atoms with Crippen LogP contribution >= 0.6 is 0 Å². The maximum atomic E-state index is 10.2. The van der Waals surface area contributed by atoms with Gasteiger partial charge < -0.3 is 19.7 Å². The molecule has 0 radical (unpaired) electrons. The third-order valence-electron chi connectivity index (χ3n) is 4.27. The van der Waals surface area contributed by atoms with Crippen LogP contribution in [0, 0.1) is 11.8 Å². The number of hydrogen-bond acceptors (Lipinski definition) is 4. The molecule has 20 heavy (non-hydrogen) atoms. The Kier molecular flexibility index (Phi) is 3.61. The summed E-state index contributed by atoms with van der Waals surface area (Å²) < 4.78 is 11.3. The Morgan fingerprint density at radius 2 is 1.25 bits per heavy atom. The van der Waals surface area contributed by atoms with Crippen molar-refractivity contribution in [3.8, 4) is 11.5 Å². The highest BCUT2D eigenvalue weighted by molar-refractivity contribution is 5.47. The van der Waals surface area contributed by atoms with E-state index < -0.39 is 0 Å². The fourth-order valence-electron chi connectivity index (χ4n) is 3.12. The highest BCUT2D eigenvalue weighted by Gasteiger charge is 2.30. The van der Waals surface area contributed by atoms with Crippen molar-refractivity contribution in [2.24, 2.45) is 11.8 Å². The molecule has 0 saturated carbocycles. The van der Waals surface area contributed by atoms with Crippen molar-refractivity contribution < 1.29 is 19.7 Å². The monoisotopic (exact) mass is 278 g/mol. The number of rotatable bonds is 2. The summed E-state index contributed by atoms with van der Waals surface area (Å²) >= 11 is 0. The minimum absolute atomic E-state index is 0.117. The predicted octanol–water partition coefficient (Wildman–Crippen LogP) is 3.29. The SMILES string of the molecule is CC1COC(c2cc(O)c(C3CC(C)CO3)cc2O)C1. The van der Waals surface area contributed by atoms with Crippen LogP contribution in [-0.2, 0) is 9.47 Å². The maximum Gasteiger partial charge on any atom is 0.122 e. The summed E-state index contributed by atoms with van der Waals surface area (Å²) in [4.78, 5) is 0. The molecule has 4 atom stereocenters. The highest BCUT2D eigenvalue weighted by atomic mass is 16.5. The van der Waals surface area contributed by atoms with Crippen molar-refractivity contribution in [1.29, 1.82) is 0 Å². The van der Waals surface area contributed by atoms with E-state index in [1.165, 1.54) is 0 Å². The molecule has 0 aromatic heterocycles. The van der Waals surface area contributed by atoms with Crippen LogP contribution in [0.1, 0.15) is 50.0 Å². The van der Waals surface area contributed by atoms with Crippen LogP contribution in [0.2, 0.25) is 0 Å². The van der Waals surface area contributed by atoms with E-state index in [2.05, 4.69) is 13.8 Å². The third kappa shape index (κ3) is 2.50. The van der Waals surface area contributed by atoms with Gasteiger partial charge in [-0.3, -0.25) is 0 Å². The lowest BCUT2D eigenvalue weighted by Gasteiger charge is -2.17. The molecule has 0 aliphatic carbocycles. The van der Waals surface area contributed by atoms with Gasteiger partial charge >= 0.3 is 0 Å². The molecule has 2 saturated heterocycles. The van der Waals surface area contributed by atoms with Crippen LogP contribution in [0.25, 0.3) is 0 Å². The quantitative estimate of drug-likeness (QED) is 0.815. The molecule has 0 amide bonds. The van der Waals surface area contributed by atoms with Crippen LogP contribution in [0.15, 0.2) is 12.1 Å². The molecule has 2 aliphatic heterocycles. The van der Waals surface area contributed by atoms with Gasteiger partial charge in [0.2, 0.25) is 0 Å². The third-order valence-corrected chi connectivity index (χ3v) is 4.27. The first-order valence-electron chi connectivity index (χ1n) is 7.33. The summed E-state index contributed by atoms with van der Waals surface area (Å²) in [6.07, 6.45) is 1.52. The normalized spacial score (nSPS) is 33.7. The van der Waals surface area contributed by atoms with E-state index in [0.717, 1.165) is 12.8 Å². The smallest absolute Gasteiger partial charge is 0.122 e. The minimum Gasteiger partial charge on any atom is -0.508 e. The van der Waals surface area contributed by atoms with Crippen LogP contribution in [0.4, 0.5) is 0 Å². The van der Waals surface area contributed by atoms with Gasteiger partial charge in [-0.05, 0) is 36.8 Å². The zero-order valence-electron chi connectivity index (χ0n) is 12.0. The van der Waals surface area contributed by atoms with Gasteiger partial charge in [0.05, 0.1) is 25.4 Å². The summed E-state index contributed by atoms with van der Waals surface area (Å²) in [5.41, 5.74) is 1.36. The first kappa shape index (κ1) is 13.7. The summed E-state index contributed by atoms with van der Waals surface area (Å²) in [6, 6.07) is 3.28. The van der Waals surface area contributed by atoms with Crippen molar-refractivity contribution in [1.82, 2.24) is 0 Å². The standard InChI is InChI=1S/C16H22O4/c1-9-3-15(19-7-9)11-5-14(18)12(6-13(11)17)16-4-10(2)8-20-16/h5-6,9-10,15-18H,3-4,7-8H2,1-2H3. The Hall–Kier alpha value is -1.26. The largest absolute Gasteiger partial charge is 0.508 e. The van der Waals surface area contributed by atoms with E-state index in [0.29, 0.717) is 36.2 Å². The molecular weight excluding hydrogens is 256 g/mol. The Morgan fingerprint density at radius 1 is 0.850 bits per heavy atom. The van der Waals surface area contributed by atoms with E-state index in [-0.39, 0.29) is 23.7 Å². The number of phenolic OH excluding ortho intramolecular Hbond substituents is 2. The lowest BCUT2D eigenvalue weighted by atomic mass is 9.95. The lowest BCUT2D eigenvalue weighted by Crippen LogP contribution is -2.01. The average molecular weight is 278 g/mol. The van der Waals surface area contributed by atoms with E-state index in [1.807, 2.05) is 0 Å². The van der Waals surface area contributed by atoms with Gasteiger partial charge in [0.25, 0.3) is 0 Å². The number of phenols is 2. The van der Waals surface area contributed by atoms with Crippen molar-refractivity contribution in [2.45, 2.75) is 38.9 Å². The second-order valence-corrected chi connectivity index (χ2v) is 6.30. The highest BCUT2D eigenvalue weighted by Crippen LogP contribution is 2.43. The van der Waals surface area contributed by atoms with Crippen molar-refractivity contribution in [3.05, 3.63) is 23.3 Å². The van der Waals surface area contributed by atoms with E-state index >= 15 is 0 Å². The predicted molar refractivity (Wildman–Crippen MR) is 74.7 cm³/mol. The Labute approximate surface area is 119 Å². The Morgan fingerprint density at radius 3 is 1.55 bits per heavy atom.